The number of amides is 1. The smallest absolute Gasteiger partial charge is 0.241 e. The van der Waals surface area contributed by atoms with Crippen molar-refractivity contribution in [1.82, 2.24) is 4.72 Å². The second-order valence-corrected chi connectivity index (χ2v) is 8.59. The fourth-order valence-corrected chi connectivity index (χ4v) is 4.81. The molecular formula is C21H20N2O3S. The number of hydrogen-bond donors (Lipinski definition) is 2. The van der Waals surface area contributed by atoms with Crippen LogP contribution < -0.4 is 10.0 Å². The van der Waals surface area contributed by atoms with Crippen LogP contribution in [-0.2, 0) is 14.8 Å². The van der Waals surface area contributed by atoms with Crippen molar-refractivity contribution >= 4 is 32.4 Å². The maximum atomic E-state index is 12.9. The van der Waals surface area contributed by atoms with Crippen molar-refractivity contribution in [2.45, 2.75) is 30.7 Å². The average molecular weight is 380 g/mol. The maximum absolute atomic E-state index is 12.9. The number of sulfonamides is 1. The third kappa shape index (κ3) is 3.11. The van der Waals surface area contributed by atoms with Gasteiger partial charge in [-0.2, -0.15) is 0 Å². The lowest BCUT2D eigenvalue weighted by Crippen LogP contribution is -2.27. The SMILES string of the molecule is C[C@H](NS(=O)(=O)c1ccc2c(c1)[C@@H](C)C(=O)N2)c1cccc2ccccc12. The second-order valence-electron chi connectivity index (χ2n) is 6.87. The van der Waals surface area contributed by atoms with Crippen LogP contribution in [0.5, 0.6) is 0 Å². The van der Waals surface area contributed by atoms with E-state index in [1.807, 2.05) is 49.4 Å². The molecule has 1 heterocycles. The highest BCUT2D eigenvalue weighted by Crippen LogP contribution is 2.34. The Morgan fingerprint density at radius 3 is 2.59 bits per heavy atom. The number of nitrogens with one attached hydrogen (secondary N) is 2. The van der Waals surface area contributed by atoms with E-state index in [0.29, 0.717) is 11.3 Å². The minimum atomic E-state index is -3.73. The Balaban J connectivity index is 1.67. The Labute approximate surface area is 158 Å². The zero-order valence-corrected chi connectivity index (χ0v) is 15.9. The molecule has 138 valence electrons. The van der Waals surface area contributed by atoms with Crippen LogP contribution in [0.1, 0.15) is 36.9 Å². The predicted molar refractivity (Wildman–Crippen MR) is 106 cm³/mol. The molecule has 0 radical (unpaired) electrons. The number of fused-ring (bicyclic) bond motifs is 2. The zero-order valence-electron chi connectivity index (χ0n) is 15.1. The molecule has 0 aromatic heterocycles. The van der Waals surface area contributed by atoms with Crippen LogP contribution in [0.3, 0.4) is 0 Å². The number of carbonyl (C=O) groups excluding carboxylic acids is 1. The molecule has 0 spiro atoms. The van der Waals surface area contributed by atoms with Crippen LogP contribution in [0, 0.1) is 0 Å². The van der Waals surface area contributed by atoms with Crippen LogP contribution in [0.4, 0.5) is 5.69 Å². The van der Waals surface area contributed by atoms with Gasteiger partial charge in [0.25, 0.3) is 0 Å². The summed E-state index contributed by atoms with van der Waals surface area (Å²) in [5.41, 5.74) is 2.30. The van der Waals surface area contributed by atoms with Crippen molar-refractivity contribution in [2.24, 2.45) is 0 Å². The molecule has 3 aromatic rings. The van der Waals surface area contributed by atoms with Gasteiger partial charge in [0.15, 0.2) is 0 Å². The Morgan fingerprint density at radius 2 is 1.78 bits per heavy atom. The average Bonchev–Trinajstić information content (AvgIpc) is 2.94. The molecule has 1 aliphatic heterocycles. The molecule has 2 atom stereocenters. The van der Waals surface area contributed by atoms with Gasteiger partial charge in [0, 0.05) is 11.7 Å². The lowest BCUT2D eigenvalue weighted by molar-refractivity contribution is -0.116. The van der Waals surface area contributed by atoms with Gasteiger partial charge in [-0.1, -0.05) is 42.5 Å². The highest BCUT2D eigenvalue weighted by molar-refractivity contribution is 7.89. The first-order valence-electron chi connectivity index (χ1n) is 8.81. The summed E-state index contributed by atoms with van der Waals surface area (Å²) in [6, 6.07) is 18.1. The summed E-state index contributed by atoms with van der Waals surface area (Å²) in [7, 11) is -3.73. The van der Waals surface area contributed by atoms with Crippen LogP contribution in [0.2, 0.25) is 0 Å². The molecule has 1 aliphatic rings. The molecule has 0 saturated heterocycles. The Kier molecular flexibility index (Phi) is 4.25. The molecule has 0 saturated carbocycles. The van der Waals surface area contributed by atoms with Gasteiger partial charge in [-0.15, -0.1) is 0 Å². The van der Waals surface area contributed by atoms with Gasteiger partial charge >= 0.3 is 0 Å². The van der Waals surface area contributed by atoms with Crippen LogP contribution in [0.15, 0.2) is 65.6 Å². The summed E-state index contributed by atoms with van der Waals surface area (Å²) in [5.74, 6) is -0.470. The van der Waals surface area contributed by atoms with E-state index in [1.165, 1.54) is 6.07 Å². The molecule has 6 heteroatoms. The first-order chi connectivity index (χ1) is 12.9. The van der Waals surface area contributed by atoms with E-state index in [1.54, 1.807) is 19.1 Å². The molecule has 2 N–H and O–H groups in total. The molecular weight excluding hydrogens is 360 g/mol. The lowest BCUT2D eigenvalue weighted by atomic mass is 10.0. The first-order valence-corrected chi connectivity index (χ1v) is 10.3. The summed E-state index contributed by atoms with van der Waals surface area (Å²) in [4.78, 5) is 12.0. The molecule has 0 aliphatic carbocycles. The van der Waals surface area contributed by atoms with E-state index < -0.39 is 16.1 Å². The summed E-state index contributed by atoms with van der Waals surface area (Å²) < 4.78 is 28.6. The monoisotopic (exact) mass is 380 g/mol. The van der Waals surface area contributed by atoms with Crippen molar-refractivity contribution in [3.05, 3.63) is 71.8 Å². The Hall–Kier alpha value is -2.70. The summed E-state index contributed by atoms with van der Waals surface area (Å²) >= 11 is 0. The molecule has 0 fully saturated rings. The van der Waals surface area contributed by atoms with Gasteiger partial charge in [-0.05, 0) is 53.9 Å². The first kappa shape index (κ1) is 17.7. The minimum absolute atomic E-state index is 0.114. The molecule has 27 heavy (non-hydrogen) atoms. The van der Waals surface area contributed by atoms with E-state index >= 15 is 0 Å². The van der Waals surface area contributed by atoms with Gasteiger partial charge in [0.2, 0.25) is 15.9 Å². The molecule has 0 bridgehead atoms. The summed E-state index contributed by atoms with van der Waals surface area (Å²) in [5, 5.41) is 4.85. The zero-order chi connectivity index (χ0) is 19.2. The number of hydrogen-bond acceptors (Lipinski definition) is 3. The van der Waals surface area contributed by atoms with Crippen LogP contribution in [-0.4, -0.2) is 14.3 Å². The number of benzene rings is 3. The van der Waals surface area contributed by atoms with Crippen LogP contribution in [0.25, 0.3) is 10.8 Å². The topological polar surface area (TPSA) is 75.3 Å². The van der Waals surface area contributed by atoms with Gasteiger partial charge in [0.05, 0.1) is 10.8 Å². The molecule has 0 unspecified atom stereocenters. The van der Waals surface area contributed by atoms with E-state index in [-0.39, 0.29) is 16.7 Å². The fraction of sp³-hybridized carbons (Fsp3) is 0.190. The van der Waals surface area contributed by atoms with Crippen molar-refractivity contribution in [1.29, 1.82) is 0 Å². The standard InChI is InChI=1S/C21H20N2O3S/c1-13-19-12-16(10-11-20(19)22-21(13)24)27(25,26)23-14(2)17-9-5-7-15-6-3-4-8-18(15)17/h3-14,23H,1-2H3,(H,22,24)/t13-,14+/m1/s1. The van der Waals surface area contributed by atoms with Crippen molar-refractivity contribution < 1.29 is 13.2 Å². The largest absolute Gasteiger partial charge is 0.325 e. The Bertz CT molecular complexity index is 1150. The third-order valence-electron chi connectivity index (χ3n) is 5.07. The van der Waals surface area contributed by atoms with Gasteiger partial charge < -0.3 is 5.32 Å². The van der Waals surface area contributed by atoms with Crippen molar-refractivity contribution in [3.63, 3.8) is 0 Å². The summed E-state index contributed by atoms with van der Waals surface area (Å²) in [6.07, 6.45) is 0. The Morgan fingerprint density at radius 1 is 1.04 bits per heavy atom. The highest BCUT2D eigenvalue weighted by atomic mass is 32.2. The van der Waals surface area contributed by atoms with E-state index in [0.717, 1.165) is 16.3 Å². The van der Waals surface area contributed by atoms with Gasteiger partial charge in [-0.3, -0.25) is 4.79 Å². The number of carbonyl (C=O) groups is 1. The van der Waals surface area contributed by atoms with Gasteiger partial charge in [-0.25, -0.2) is 13.1 Å². The minimum Gasteiger partial charge on any atom is -0.325 e. The summed E-state index contributed by atoms with van der Waals surface area (Å²) in [6.45, 7) is 3.60. The van der Waals surface area contributed by atoms with E-state index in [4.69, 9.17) is 0 Å². The van der Waals surface area contributed by atoms with E-state index in [9.17, 15) is 13.2 Å². The lowest BCUT2D eigenvalue weighted by Gasteiger charge is -2.17. The van der Waals surface area contributed by atoms with Crippen molar-refractivity contribution in [3.8, 4) is 0 Å². The molecule has 4 rings (SSSR count). The second kappa shape index (κ2) is 6.48. The number of rotatable bonds is 4. The fourth-order valence-electron chi connectivity index (χ4n) is 3.55. The maximum Gasteiger partial charge on any atom is 0.241 e. The van der Waals surface area contributed by atoms with Crippen molar-refractivity contribution in [2.75, 3.05) is 5.32 Å². The molecule has 3 aromatic carbocycles. The van der Waals surface area contributed by atoms with Crippen LogP contribution >= 0.6 is 0 Å². The predicted octanol–water partition coefficient (Wildman–Crippen LogP) is 3.93. The quantitative estimate of drug-likeness (QED) is 0.720. The molecule has 1 amide bonds. The number of anilines is 1. The van der Waals surface area contributed by atoms with E-state index in [2.05, 4.69) is 10.0 Å². The van der Waals surface area contributed by atoms with Gasteiger partial charge in [0.1, 0.15) is 0 Å². The molecule has 5 nitrogen and oxygen atoms in total. The third-order valence-corrected chi connectivity index (χ3v) is 6.61. The highest BCUT2D eigenvalue weighted by Gasteiger charge is 2.29. The normalized spacial score (nSPS) is 17.6.